The van der Waals surface area contributed by atoms with Crippen molar-refractivity contribution in [3.63, 3.8) is 0 Å². The molecule has 0 unspecified atom stereocenters. The molecule has 0 aliphatic carbocycles. The molecule has 3 rings (SSSR count). The number of anilines is 2. The van der Waals surface area contributed by atoms with Gasteiger partial charge in [-0.25, -0.2) is 8.42 Å². The number of likely N-dealkylation sites (N-methyl/N-ethyl adjacent to an activating group) is 1. The van der Waals surface area contributed by atoms with Crippen molar-refractivity contribution < 1.29 is 18.0 Å². The zero-order valence-electron chi connectivity index (χ0n) is 17.9. The molecular formula is C22H27N3O4S. The third-order valence-corrected chi connectivity index (χ3v) is 7.36. The minimum atomic E-state index is -3.85. The van der Waals surface area contributed by atoms with E-state index >= 15 is 0 Å². The fourth-order valence-corrected chi connectivity index (χ4v) is 4.97. The second kappa shape index (κ2) is 8.20. The summed E-state index contributed by atoms with van der Waals surface area (Å²) in [5, 5.41) is 2.78. The fourth-order valence-electron chi connectivity index (χ4n) is 3.79. The van der Waals surface area contributed by atoms with Crippen LogP contribution in [0, 0.1) is 13.8 Å². The van der Waals surface area contributed by atoms with Crippen LogP contribution in [0.5, 0.6) is 0 Å². The summed E-state index contributed by atoms with van der Waals surface area (Å²) >= 11 is 0. The van der Waals surface area contributed by atoms with Gasteiger partial charge < -0.3 is 10.2 Å². The summed E-state index contributed by atoms with van der Waals surface area (Å²) in [5.41, 5.74) is 4.21. The molecule has 1 N–H and O–H groups in total. The number of carbonyl (C=O) groups is 2. The Hall–Kier alpha value is -2.71. The molecule has 0 aromatic heterocycles. The molecule has 1 atom stereocenters. The van der Waals surface area contributed by atoms with Crippen LogP contribution in [-0.4, -0.2) is 44.2 Å². The Morgan fingerprint density at radius 2 is 1.90 bits per heavy atom. The van der Waals surface area contributed by atoms with Gasteiger partial charge in [-0.15, -0.1) is 0 Å². The first-order valence-electron chi connectivity index (χ1n) is 9.77. The third-order valence-electron chi connectivity index (χ3n) is 5.56. The molecule has 0 saturated heterocycles. The molecule has 160 valence electrons. The molecule has 1 aliphatic rings. The van der Waals surface area contributed by atoms with Crippen molar-refractivity contribution in [2.45, 2.75) is 45.1 Å². The van der Waals surface area contributed by atoms with Crippen molar-refractivity contribution >= 4 is 33.2 Å². The van der Waals surface area contributed by atoms with Crippen LogP contribution >= 0.6 is 0 Å². The average Bonchev–Trinajstić information content (AvgIpc) is 3.00. The maximum absolute atomic E-state index is 13.0. The number of amides is 2. The predicted molar refractivity (Wildman–Crippen MR) is 117 cm³/mol. The summed E-state index contributed by atoms with van der Waals surface area (Å²) in [5.74, 6) is -0.482. The van der Waals surface area contributed by atoms with Crippen LogP contribution in [0.1, 0.15) is 30.5 Å². The number of carbonyl (C=O) groups excluding carboxylic acids is 2. The van der Waals surface area contributed by atoms with E-state index in [0.717, 1.165) is 26.7 Å². The Morgan fingerprint density at radius 3 is 2.57 bits per heavy atom. The minimum absolute atomic E-state index is 0.0171. The maximum Gasteiger partial charge on any atom is 0.243 e. The van der Waals surface area contributed by atoms with Crippen molar-refractivity contribution in [1.82, 2.24) is 4.31 Å². The molecule has 0 spiro atoms. The van der Waals surface area contributed by atoms with Crippen LogP contribution in [0.2, 0.25) is 0 Å². The summed E-state index contributed by atoms with van der Waals surface area (Å²) < 4.78 is 27.0. The van der Waals surface area contributed by atoms with E-state index in [9.17, 15) is 18.0 Å². The molecule has 30 heavy (non-hydrogen) atoms. The standard InChI is InChI=1S/C22H27N3O4S/c1-14-7-6-8-20(16(14)3)23-22(27)13-24(5)30(28,29)19-9-10-21-18(12-19)11-15(2)25(21)17(4)26/h6-10,12,15H,11,13H2,1-5H3,(H,23,27)/t15-/m0/s1. The van der Waals surface area contributed by atoms with E-state index in [1.165, 1.54) is 20.0 Å². The number of rotatable bonds is 5. The summed E-state index contributed by atoms with van der Waals surface area (Å²) in [6.45, 7) is 6.98. The molecule has 0 bridgehead atoms. The highest BCUT2D eigenvalue weighted by atomic mass is 32.2. The molecule has 1 heterocycles. The topological polar surface area (TPSA) is 86.8 Å². The number of fused-ring (bicyclic) bond motifs is 1. The highest BCUT2D eigenvalue weighted by molar-refractivity contribution is 7.89. The number of aryl methyl sites for hydroxylation is 1. The van der Waals surface area contributed by atoms with Gasteiger partial charge in [0.1, 0.15) is 0 Å². The Bertz CT molecular complexity index is 1110. The number of nitrogens with one attached hydrogen (secondary N) is 1. The van der Waals surface area contributed by atoms with Crippen LogP contribution in [0.4, 0.5) is 11.4 Å². The van der Waals surface area contributed by atoms with Crippen molar-refractivity contribution in [1.29, 1.82) is 0 Å². The second-order valence-corrected chi connectivity index (χ2v) is 9.83. The Morgan fingerprint density at radius 1 is 1.20 bits per heavy atom. The van der Waals surface area contributed by atoms with Gasteiger partial charge in [0.05, 0.1) is 11.4 Å². The van der Waals surface area contributed by atoms with E-state index in [2.05, 4.69) is 5.32 Å². The molecule has 1 aliphatic heterocycles. The lowest BCUT2D eigenvalue weighted by Gasteiger charge is -2.21. The first-order chi connectivity index (χ1) is 14.0. The van der Waals surface area contributed by atoms with Gasteiger partial charge in [0.2, 0.25) is 21.8 Å². The van der Waals surface area contributed by atoms with E-state index in [0.29, 0.717) is 12.1 Å². The van der Waals surface area contributed by atoms with E-state index in [-0.39, 0.29) is 23.4 Å². The Labute approximate surface area is 177 Å². The maximum atomic E-state index is 13.0. The first kappa shape index (κ1) is 22.0. The van der Waals surface area contributed by atoms with Gasteiger partial charge in [0.15, 0.2) is 0 Å². The minimum Gasteiger partial charge on any atom is -0.325 e. The van der Waals surface area contributed by atoms with Crippen molar-refractivity contribution in [2.75, 3.05) is 23.8 Å². The van der Waals surface area contributed by atoms with Crippen LogP contribution in [0.25, 0.3) is 0 Å². The highest BCUT2D eigenvalue weighted by Gasteiger charge is 2.31. The molecule has 2 aromatic rings. The normalized spacial score (nSPS) is 15.9. The third kappa shape index (κ3) is 4.11. The Balaban J connectivity index is 1.77. The van der Waals surface area contributed by atoms with E-state index in [1.54, 1.807) is 23.1 Å². The number of benzene rings is 2. The van der Waals surface area contributed by atoms with Gasteiger partial charge in [-0.05, 0) is 68.1 Å². The molecule has 7 nitrogen and oxygen atoms in total. The van der Waals surface area contributed by atoms with E-state index in [4.69, 9.17) is 0 Å². The van der Waals surface area contributed by atoms with Gasteiger partial charge in [-0.2, -0.15) is 4.31 Å². The summed E-state index contributed by atoms with van der Waals surface area (Å²) in [6.07, 6.45) is 0.592. The molecule has 0 fully saturated rings. The summed E-state index contributed by atoms with van der Waals surface area (Å²) in [6, 6.07) is 10.3. The lowest BCUT2D eigenvalue weighted by atomic mass is 10.1. The predicted octanol–water partition coefficient (Wildman–Crippen LogP) is 2.86. The van der Waals surface area contributed by atoms with Crippen molar-refractivity contribution in [3.05, 3.63) is 53.1 Å². The number of hydrogen-bond acceptors (Lipinski definition) is 4. The molecule has 2 amide bonds. The highest BCUT2D eigenvalue weighted by Crippen LogP contribution is 2.34. The molecule has 0 radical (unpaired) electrons. The van der Waals surface area contributed by atoms with E-state index in [1.807, 2.05) is 32.9 Å². The first-order valence-corrected chi connectivity index (χ1v) is 11.2. The second-order valence-electron chi connectivity index (χ2n) is 7.79. The van der Waals surface area contributed by atoms with Gasteiger partial charge in [0.25, 0.3) is 0 Å². The van der Waals surface area contributed by atoms with Crippen LogP contribution in [-0.2, 0) is 26.0 Å². The Kier molecular flexibility index (Phi) is 6.01. The van der Waals surface area contributed by atoms with Gasteiger partial charge in [-0.3, -0.25) is 9.59 Å². The summed E-state index contributed by atoms with van der Waals surface area (Å²) in [7, 11) is -2.47. The average molecular weight is 430 g/mol. The molecular weight excluding hydrogens is 402 g/mol. The number of hydrogen-bond donors (Lipinski definition) is 1. The number of nitrogens with zero attached hydrogens (tertiary/aromatic N) is 2. The SMILES string of the molecule is CC(=O)N1c2ccc(S(=O)(=O)N(C)CC(=O)Nc3cccc(C)c3C)cc2C[C@@H]1C. The van der Waals surface area contributed by atoms with Gasteiger partial charge >= 0.3 is 0 Å². The lowest BCUT2D eigenvalue weighted by molar-refractivity contribution is -0.117. The zero-order valence-corrected chi connectivity index (χ0v) is 18.7. The summed E-state index contributed by atoms with van der Waals surface area (Å²) in [4.78, 5) is 26.1. The zero-order chi connectivity index (χ0) is 22.2. The van der Waals surface area contributed by atoms with Crippen LogP contribution < -0.4 is 10.2 Å². The van der Waals surface area contributed by atoms with Gasteiger partial charge in [-0.1, -0.05) is 12.1 Å². The van der Waals surface area contributed by atoms with E-state index < -0.39 is 15.9 Å². The molecule has 0 saturated carbocycles. The van der Waals surface area contributed by atoms with Crippen LogP contribution in [0.15, 0.2) is 41.3 Å². The van der Waals surface area contributed by atoms with Crippen molar-refractivity contribution in [2.24, 2.45) is 0 Å². The van der Waals surface area contributed by atoms with Gasteiger partial charge in [0, 0.05) is 31.4 Å². The monoisotopic (exact) mass is 429 g/mol. The van der Waals surface area contributed by atoms with Crippen LogP contribution in [0.3, 0.4) is 0 Å². The fraction of sp³-hybridized carbons (Fsp3) is 0.364. The smallest absolute Gasteiger partial charge is 0.243 e. The lowest BCUT2D eigenvalue weighted by Crippen LogP contribution is -2.35. The molecule has 2 aromatic carbocycles. The van der Waals surface area contributed by atoms with Crippen molar-refractivity contribution in [3.8, 4) is 0 Å². The number of sulfonamides is 1. The quantitative estimate of drug-likeness (QED) is 0.792. The molecule has 8 heteroatoms. The largest absolute Gasteiger partial charge is 0.325 e.